The number of piperazine rings is 1. The molecular formula is C14H19BrN4O2. The van der Waals surface area contributed by atoms with Gasteiger partial charge in [0.2, 0.25) is 5.91 Å². The molecule has 1 aliphatic heterocycles. The predicted molar refractivity (Wildman–Crippen MR) is 85.0 cm³/mol. The molecule has 2 rings (SSSR count). The first-order valence-electron chi connectivity index (χ1n) is 6.78. The molecule has 1 saturated heterocycles. The molecule has 0 atom stereocenters. The minimum Gasteiger partial charge on any atom is -0.399 e. The average Bonchev–Trinajstić information content (AvgIpc) is 2.46. The summed E-state index contributed by atoms with van der Waals surface area (Å²) < 4.78 is 0.795. The molecule has 7 heteroatoms. The second kappa shape index (κ2) is 6.91. The standard InChI is InChI=1S/C14H19BrN4O2/c1-17-13(20)9-18-2-4-19(5-3-18)14(21)10-6-11(15)8-12(16)7-10/h6-8H,2-5,9,16H2,1H3,(H,17,20). The van der Waals surface area contributed by atoms with Crippen LogP contribution in [0.25, 0.3) is 0 Å². The van der Waals surface area contributed by atoms with Gasteiger partial charge in [-0.1, -0.05) is 15.9 Å². The lowest BCUT2D eigenvalue weighted by Gasteiger charge is -2.34. The highest BCUT2D eigenvalue weighted by molar-refractivity contribution is 9.10. The minimum absolute atomic E-state index is 0.00506. The summed E-state index contributed by atoms with van der Waals surface area (Å²) in [5.41, 5.74) is 6.91. The van der Waals surface area contributed by atoms with E-state index in [4.69, 9.17) is 5.73 Å². The Morgan fingerprint density at radius 2 is 1.90 bits per heavy atom. The van der Waals surface area contributed by atoms with Gasteiger partial charge in [0.25, 0.3) is 5.91 Å². The van der Waals surface area contributed by atoms with Crippen LogP contribution < -0.4 is 11.1 Å². The summed E-state index contributed by atoms with van der Waals surface area (Å²) in [5.74, 6) is -0.0304. The van der Waals surface area contributed by atoms with Crippen molar-refractivity contribution in [1.29, 1.82) is 0 Å². The maximum absolute atomic E-state index is 12.4. The van der Waals surface area contributed by atoms with Crippen molar-refractivity contribution in [1.82, 2.24) is 15.1 Å². The third kappa shape index (κ3) is 4.18. The second-order valence-electron chi connectivity index (χ2n) is 5.01. The number of anilines is 1. The van der Waals surface area contributed by atoms with E-state index in [1.54, 1.807) is 30.1 Å². The number of amides is 2. The molecule has 1 aromatic carbocycles. The van der Waals surface area contributed by atoms with Gasteiger partial charge in [0.1, 0.15) is 0 Å². The average molecular weight is 355 g/mol. The van der Waals surface area contributed by atoms with Gasteiger partial charge in [0, 0.05) is 49.0 Å². The maximum atomic E-state index is 12.4. The van der Waals surface area contributed by atoms with Crippen molar-refractivity contribution in [3.63, 3.8) is 0 Å². The van der Waals surface area contributed by atoms with Crippen LogP contribution in [0.2, 0.25) is 0 Å². The molecule has 3 N–H and O–H groups in total. The molecule has 0 spiro atoms. The first kappa shape index (κ1) is 15.8. The Bertz CT molecular complexity index is 522. The summed E-state index contributed by atoms with van der Waals surface area (Å²) in [5, 5.41) is 2.60. The molecule has 1 heterocycles. The molecule has 114 valence electrons. The topological polar surface area (TPSA) is 78.7 Å². The van der Waals surface area contributed by atoms with Crippen LogP contribution in [-0.4, -0.2) is 61.4 Å². The van der Waals surface area contributed by atoms with Crippen LogP contribution in [0.4, 0.5) is 5.69 Å². The van der Waals surface area contributed by atoms with Gasteiger partial charge in [-0.3, -0.25) is 14.5 Å². The zero-order valence-corrected chi connectivity index (χ0v) is 13.5. The van der Waals surface area contributed by atoms with Gasteiger partial charge in [-0.2, -0.15) is 0 Å². The Kier molecular flexibility index (Phi) is 5.19. The van der Waals surface area contributed by atoms with Crippen molar-refractivity contribution in [2.24, 2.45) is 0 Å². The Morgan fingerprint density at radius 3 is 2.48 bits per heavy atom. The molecule has 2 amide bonds. The molecule has 0 bridgehead atoms. The van der Waals surface area contributed by atoms with E-state index in [1.807, 2.05) is 4.90 Å². The lowest BCUT2D eigenvalue weighted by Crippen LogP contribution is -2.50. The van der Waals surface area contributed by atoms with Gasteiger partial charge in [-0.15, -0.1) is 0 Å². The van der Waals surface area contributed by atoms with Crippen molar-refractivity contribution < 1.29 is 9.59 Å². The summed E-state index contributed by atoms with van der Waals surface area (Å²) >= 11 is 3.35. The number of nitrogens with one attached hydrogen (secondary N) is 1. The van der Waals surface area contributed by atoms with E-state index in [0.29, 0.717) is 44.0 Å². The zero-order valence-electron chi connectivity index (χ0n) is 11.9. The van der Waals surface area contributed by atoms with Crippen LogP contribution in [0.1, 0.15) is 10.4 Å². The molecule has 0 radical (unpaired) electrons. The van der Waals surface area contributed by atoms with Gasteiger partial charge < -0.3 is 16.0 Å². The Hall–Kier alpha value is -1.60. The van der Waals surface area contributed by atoms with Gasteiger partial charge in [0.15, 0.2) is 0 Å². The zero-order chi connectivity index (χ0) is 15.4. The van der Waals surface area contributed by atoms with Crippen LogP contribution in [0.3, 0.4) is 0 Å². The van der Waals surface area contributed by atoms with Crippen LogP contribution in [-0.2, 0) is 4.79 Å². The molecule has 0 aromatic heterocycles. The van der Waals surface area contributed by atoms with E-state index >= 15 is 0 Å². The number of nitrogen functional groups attached to an aromatic ring is 1. The van der Waals surface area contributed by atoms with Crippen LogP contribution in [0.15, 0.2) is 22.7 Å². The smallest absolute Gasteiger partial charge is 0.254 e. The minimum atomic E-state index is -0.0254. The number of nitrogens with two attached hydrogens (primary N) is 1. The van der Waals surface area contributed by atoms with Gasteiger partial charge in [0.05, 0.1) is 6.54 Å². The summed E-state index contributed by atoms with van der Waals surface area (Å²) in [6.45, 7) is 3.00. The molecule has 1 aromatic rings. The fraction of sp³-hybridized carbons (Fsp3) is 0.429. The SMILES string of the molecule is CNC(=O)CN1CCN(C(=O)c2cc(N)cc(Br)c2)CC1. The quantitative estimate of drug-likeness (QED) is 0.776. The Balaban J connectivity index is 1.95. The van der Waals surface area contributed by atoms with Crippen LogP contribution in [0.5, 0.6) is 0 Å². The van der Waals surface area contributed by atoms with E-state index in [1.165, 1.54) is 0 Å². The molecule has 1 fully saturated rings. The van der Waals surface area contributed by atoms with E-state index in [0.717, 1.165) is 4.47 Å². The first-order valence-corrected chi connectivity index (χ1v) is 7.57. The van der Waals surface area contributed by atoms with Crippen molar-refractivity contribution in [3.05, 3.63) is 28.2 Å². The van der Waals surface area contributed by atoms with E-state index in [2.05, 4.69) is 21.2 Å². The van der Waals surface area contributed by atoms with Crippen molar-refractivity contribution in [3.8, 4) is 0 Å². The van der Waals surface area contributed by atoms with E-state index < -0.39 is 0 Å². The summed E-state index contributed by atoms with van der Waals surface area (Å²) in [6.07, 6.45) is 0. The van der Waals surface area contributed by atoms with Gasteiger partial charge in [-0.25, -0.2) is 0 Å². The Labute approximate surface area is 132 Å². The molecule has 0 unspecified atom stereocenters. The van der Waals surface area contributed by atoms with Crippen LogP contribution >= 0.6 is 15.9 Å². The lowest BCUT2D eigenvalue weighted by molar-refractivity contribution is -0.122. The number of hydrogen-bond donors (Lipinski definition) is 2. The molecule has 0 aliphatic carbocycles. The lowest BCUT2D eigenvalue weighted by atomic mass is 10.1. The highest BCUT2D eigenvalue weighted by Crippen LogP contribution is 2.19. The molecule has 21 heavy (non-hydrogen) atoms. The fourth-order valence-electron chi connectivity index (χ4n) is 2.31. The number of carbonyl (C=O) groups is 2. The number of carbonyl (C=O) groups excluding carboxylic acids is 2. The van der Waals surface area contributed by atoms with Gasteiger partial charge in [-0.05, 0) is 18.2 Å². The molecular weight excluding hydrogens is 336 g/mol. The molecule has 6 nitrogen and oxygen atoms in total. The predicted octanol–water partition coefficient (Wildman–Crippen LogP) is 0.535. The number of rotatable bonds is 3. The fourth-order valence-corrected chi connectivity index (χ4v) is 2.82. The highest BCUT2D eigenvalue weighted by Gasteiger charge is 2.23. The number of hydrogen-bond acceptors (Lipinski definition) is 4. The van der Waals surface area contributed by atoms with Gasteiger partial charge >= 0.3 is 0 Å². The van der Waals surface area contributed by atoms with Crippen LogP contribution in [0, 0.1) is 0 Å². The van der Waals surface area contributed by atoms with Crippen molar-refractivity contribution in [2.75, 3.05) is 45.5 Å². The largest absolute Gasteiger partial charge is 0.399 e. The first-order chi connectivity index (χ1) is 9.99. The number of likely N-dealkylation sites (N-methyl/N-ethyl adjacent to an activating group) is 1. The summed E-state index contributed by atoms with van der Waals surface area (Å²) in [4.78, 5) is 27.6. The highest BCUT2D eigenvalue weighted by atomic mass is 79.9. The van der Waals surface area contributed by atoms with E-state index in [-0.39, 0.29) is 11.8 Å². The number of halogens is 1. The normalized spacial score (nSPS) is 15.8. The van der Waals surface area contributed by atoms with Crippen molar-refractivity contribution in [2.45, 2.75) is 0 Å². The molecule has 1 aliphatic rings. The van der Waals surface area contributed by atoms with Crippen molar-refractivity contribution >= 4 is 33.4 Å². The summed E-state index contributed by atoms with van der Waals surface area (Å²) in [7, 11) is 1.62. The third-order valence-electron chi connectivity index (χ3n) is 3.47. The number of nitrogens with zero attached hydrogens (tertiary/aromatic N) is 2. The Morgan fingerprint density at radius 1 is 1.24 bits per heavy atom. The molecule has 0 saturated carbocycles. The third-order valence-corrected chi connectivity index (χ3v) is 3.93. The second-order valence-corrected chi connectivity index (χ2v) is 5.93. The monoisotopic (exact) mass is 354 g/mol. The summed E-state index contributed by atoms with van der Waals surface area (Å²) in [6, 6.07) is 5.22. The van der Waals surface area contributed by atoms with E-state index in [9.17, 15) is 9.59 Å². The number of benzene rings is 1. The maximum Gasteiger partial charge on any atom is 0.254 e.